The average molecular weight is 191 g/mol. The molecule has 12 heavy (non-hydrogen) atoms. The number of alkyl halides is 1. The second-order valence-corrected chi connectivity index (χ2v) is 2.36. The summed E-state index contributed by atoms with van der Waals surface area (Å²) in [5.41, 5.74) is 6.58. The first kappa shape index (κ1) is 11.3. The Morgan fingerprint density at radius 1 is 1.42 bits per heavy atom. The molecule has 0 spiro atoms. The highest BCUT2D eigenvalue weighted by Crippen LogP contribution is 2.11. The molecule has 1 rings (SSSR count). The second kappa shape index (κ2) is 5.91. The minimum atomic E-state index is -0.372. The van der Waals surface area contributed by atoms with E-state index < -0.39 is 0 Å². The predicted octanol–water partition coefficient (Wildman–Crippen LogP) is 1.86. The van der Waals surface area contributed by atoms with Gasteiger partial charge in [0.2, 0.25) is 0 Å². The molecule has 0 aliphatic heterocycles. The van der Waals surface area contributed by atoms with E-state index in [0.29, 0.717) is 6.42 Å². The fourth-order valence-corrected chi connectivity index (χ4v) is 0.895. The van der Waals surface area contributed by atoms with Crippen LogP contribution in [0.5, 0.6) is 0 Å². The summed E-state index contributed by atoms with van der Waals surface area (Å²) in [5, 5.41) is 0. The van der Waals surface area contributed by atoms with E-state index in [1.807, 2.05) is 0 Å². The third kappa shape index (κ3) is 3.15. The van der Waals surface area contributed by atoms with Crippen LogP contribution in [0.4, 0.5) is 4.39 Å². The Kier molecular flexibility index (Phi) is 5.58. The van der Waals surface area contributed by atoms with Crippen LogP contribution >= 0.6 is 12.4 Å². The van der Waals surface area contributed by atoms with Crippen LogP contribution in [0, 0.1) is 0 Å². The van der Waals surface area contributed by atoms with Crippen molar-refractivity contribution < 1.29 is 4.39 Å². The molecule has 4 heteroatoms. The van der Waals surface area contributed by atoms with Crippen LogP contribution in [-0.2, 0) is 0 Å². The first-order chi connectivity index (χ1) is 5.34. The highest BCUT2D eigenvalue weighted by Gasteiger charge is 2.03. The summed E-state index contributed by atoms with van der Waals surface area (Å²) in [6, 6.07) is 3.42. The van der Waals surface area contributed by atoms with Crippen molar-refractivity contribution in [2.24, 2.45) is 5.73 Å². The van der Waals surface area contributed by atoms with E-state index in [4.69, 9.17) is 5.73 Å². The summed E-state index contributed by atoms with van der Waals surface area (Å²) in [5.74, 6) is 0. The monoisotopic (exact) mass is 190 g/mol. The molecule has 0 fully saturated rings. The summed E-state index contributed by atoms with van der Waals surface area (Å²) in [4.78, 5) is 3.84. The van der Waals surface area contributed by atoms with Gasteiger partial charge in [0.05, 0.1) is 6.67 Å². The number of halogens is 2. The van der Waals surface area contributed by atoms with Gasteiger partial charge >= 0.3 is 0 Å². The van der Waals surface area contributed by atoms with Gasteiger partial charge in [0, 0.05) is 18.4 Å². The predicted molar refractivity (Wildman–Crippen MR) is 49.0 cm³/mol. The van der Waals surface area contributed by atoms with Gasteiger partial charge in [-0.3, -0.25) is 9.37 Å². The average Bonchev–Trinajstić information content (AvgIpc) is 2.07. The number of hydrogen-bond acceptors (Lipinski definition) is 2. The molecule has 2 N–H and O–H groups in total. The molecule has 68 valence electrons. The lowest BCUT2D eigenvalue weighted by molar-refractivity contribution is 0.442. The molecule has 0 saturated carbocycles. The first-order valence-electron chi connectivity index (χ1n) is 3.56. The number of nitrogens with two attached hydrogens (primary N) is 1. The van der Waals surface area contributed by atoms with Crippen molar-refractivity contribution >= 4 is 12.4 Å². The summed E-state index contributed by atoms with van der Waals surface area (Å²) >= 11 is 0. The SMILES string of the molecule is Cl.N[C@H](CCF)c1ccncc1. The van der Waals surface area contributed by atoms with Gasteiger partial charge < -0.3 is 5.73 Å². The normalized spacial score (nSPS) is 11.8. The minimum Gasteiger partial charge on any atom is -0.324 e. The van der Waals surface area contributed by atoms with Crippen LogP contribution in [-0.4, -0.2) is 11.7 Å². The quantitative estimate of drug-likeness (QED) is 0.791. The number of aromatic nitrogens is 1. The smallest absolute Gasteiger partial charge is 0.0912 e. The molecule has 1 heterocycles. The van der Waals surface area contributed by atoms with Gasteiger partial charge in [0.1, 0.15) is 0 Å². The maximum absolute atomic E-state index is 11.8. The summed E-state index contributed by atoms with van der Waals surface area (Å²) in [7, 11) is 0. The van der Waals surface area contributed by atoms with E-state index >= 15 is 0 Å². The molecule has 2 nitrogen and oxygen atoms in total. The lowest BCUT2D eigenvalue weighted by atomic mass is 10.1. The van der Waals surface area contributed by atoms with E-state index in [2.05, 4.69) is 4.98 Å². The van der Waals surface area contributed by atoms with Crippen LogP contribution in [0.3, 0.4) is 0 Å². The Balaban J connectivity index is 0.00000121. The third-order valence-electron chi connectivity index (χ3n) is 1.55. The zero-order chi connectivity index (χ0) is 8.10. The molecule has 0 aliphatic rings. The van der Waals surface area contributed by atoms with E-state index in [1.165, 1.54) is 0 Å². The summed E-state index contributed by atoms with van der Waals surface area (Å²) < 4.78 is 11.8. The standard InChI is InChI=1S/C8H11FN2.ClH/c9-4-1-8(10)7-2-5-11-6-3-7;/h2-3,5-6,8H,1,4,10H2;1H/t8-;/m1./s1. The number of rotatable bonds is 3. The summed E-state index contributed by atoms with van der Waals surface area (Å²) in [6.45, 7) is -0.372. The van der Waals surface area contributed by atoms with Gasteiger partial charge in [-0.05, 0) is 24.1 Å². The maximum atomic E-state index is 11.8. The van der Waals surface area contributed by atoms with Crippen LogP contribution in [0.25, 0.3) is 0 Å². The second-order valence-electron chi connectivity index (χ2n) is 2.36. The van der Waals surface area contributed by atoms with Crippen LogP contribution in [0.15, 0.2) is 24.5 Å². The highest BCUT2D eigenvalue weighted by molar-refractivity contribution is 5.85. The molecule has 0 aliphatic carbocycles. The molecule has 0 saturated heterocycles. The molecule has 1 aromatic rings. The Morgan fingerprint density at radius 2 is 2.00 bits per heavy atom. The van der Waals surface area contributed by atoms with E-state index in [1.54, 1.807) is 24.5 Å². The topological polar surface area (TPSA) is 38.9 Å². The minimum absolute atomic E-state index is 0. The third-order valence-corrected chi connectivity index (χ3v) is 1.55. The van der Waals surface area contributed by atoms with Crippen LogP contribution in [0.2, 0.25) is 0 Å². The molecular formula is C8H12ClFN2. The molecule has 1 aromatic heterocycles. The largest absolute Gasteiger partial charge is 0.324 e. The molecule has 0 unspecified atom stereocenters. The van der Waals surface area contributed by atoms with Crippen molar-refractivity contribution in [2.75, 3.05) is 6.67 Å². The zero-order valence-electron chi connectivity index (χ0n) is 6.61. The Hall–Kier alpha value is -0.670. The molecule has 0 aromatic carbocycles. The number of hydrogen-bond donors (Lipinski definition) is 1. The van der Waals surface area contributed by atoms with Crippen molar-refractivity contribution in [3.05, 3.63) is 30.1 Å². The highest BCUT2D eigenvalue weighted by atomic mass is 35.5. The molecule has 1 atom stereocenters. The van der Waals surface area contributed by atoms with Crippen molar-refractivity contribution in [1.82, 2.24) is 4.98 Å². The van der Waals surface area contributed by atoms with E-state index in [0.717, 1.165) is 5.56 Å². The van der Waals surface area contributed by atoms with Crippen LogP contribution < -0.4 is 5.73 Å². The molecular weight excluding hydrogens is 179 g/mol. The van der Waals surface area contributed by atoms with E-state index in [-0.39, 0.29) is 25.1 Å². The van der Waals surface area contributed by atoms with Gasteiger partial charge in [0.15, 0.2) is 0 Å². The first-order valence-corrected chi connectivity index (χ1v) is 3.56. The van der Waals surface area contributed by atoms with Crippen molar-refractivity contribution in [3.63, 3.8) is 0 Å². The van der Waals surface area contributed by atoms with Gasteiger partial charge in [-0.2, -0.15) is 0 Å². The summed E-state index contributed by atoms with van der Waals surface area (Å²) in [6.07, 6.45) is 3.70. The molecule has 0 radical (unpaired) electrons. The maximum Gasteiger partial charge on any atom is 0.0912 e. The van der Waals surface area contributed by atoms with Gasteiger partial charge in [-0.1, -0.05) is 0 Å². The fourth-order valence-electron chi connectivity index (χ4n) is 0.895. The fraction of sp³-hybridized carbons (Fsp3) is 0.375. The number of nitrogens with zero attached hydrogens (tertiary/aromatic N) is 1. The Bertz CT molecular complexity index is 205. The lowest BCUT2D eigenvalue weighted by Gasteiger charge is -2.07. The van der Waals surface area contributed by atoms with Crippen molar-refractivity contribution in [1.29, 1.82) is 0 Å². The van der Waals surface area contributed by atoms with Gasteiger partial charge in [-0.15, -0.1) is 12.4 Å². The number of pyridine rings is 1. The molecule has 0 bridgehead atoms. The molecule has 0 amide bonds. The van der Waals surface area contributed by atoms with Crippen LogP contribution in [0.1, 0.15) is 18.0 Å². The zero-order valence-corrected chi connectivity index (χ0v) is 7.43. The van der Waals surface area contributed by atoms with Crippen molar-refractivity contribution in [2.45, 2.75) is 12.5 Å². The van der Waals surface area contributed by atoms with Crippen molar-refractivity contribution in [3.8, 4) is 0 Å². The Morgan fingerprint density at radius 3 is 2.50 bits per heavy atom. The lowest BCUT2D eigenvalue weighted by Crippen LogP contribution is -2.10. The van der Waals surface area contributed by atoms with Gasteiger partial charge in [0.25, 0.3) is 0 Å². The van der Waals surface area contributed by atoms with Gasteiger partial charge in [-0.25, -0.2) is 0 Å². The van der Waals surface area contributed by atoms with E-state index in [9.17, 15) is 4.39 Å². The Labute approximate surface area is 77.4 Å².